The molecule has 1 saturated carbocycles. The smallest absolute Gasteiger partial charge is 0.255 e. The minimum Gasteiger partial charge on any atom is -0.336 e. The normalized spacial score (nSPS) is 14.6. The van der Waals surface area contributed by atoms with Gasteiger partial charge in [0.1, 0.15) is 0 Å². The van der Waals surface area contributed by atoms with Crippen LogP contribution in [0.1, 0.15) is 43.0 Å². The van der Waals surface area contributed by atoms with Crippen LogP contribution < -0.4 is 0 Å². The van der Waals surface area contributed by atoms with E-state index < -0.39 is 0 Å². The van der Waals surface area contributed by atoms with Crippen molar-refractivity contribution in [1.29, 1.82) is 0 Å². The molecule has 1 amide bonds. The van der Waals surface area contributed by atoms with Crippen molar-refractivity contribution in [3.63, 3.8) is 0 Å². The lowest BCUT2D eigenvalue weighted by molar-refractivity contribution is 0.0740. The van der Waals surface area contributed by atoms with Crippen molar-refractivity contribution >= 4 is 33.4 Å². The zero-order chi connectivity index (χ0) is 13.1. The van der Waals surface area contributed by atoms with Crippen molar-refractivity contribution in [2.24, 2.45) is 0 Å². The Kier molecular flexibility index (Phi) is 4.68. The van der Waals surface area contributed by atoms with Crippen LogP contribution in [0.2, 0.25) is 5.02 Å². The van der Waals surface area contributed by atoms with Crippen LogP contribution >= 0.6 is 27.5 Å². The number of hydrogen-bond donors (Lipinski definition) is 0. The van der Waals surface area contributed by atoms with Gasteiger partial charge in [-0.2, -0.15) is 0 Å². The molecule has 2 rings (SSSR count). The number of carbonyl (C=O) groups is 1. The summed E-state index contributed by atoms with van der Waals surface area (Å²) in [7, 11) is 0. The maximum Gasteiger partial charge on any atom is 0.255 e. The summed E-state index contributed by atoms with van der Waals surface area (Å²) in [6.07, 6.45) is 4.45. The molecular weight excluding hydrogens is 314 g/mol. The first-order valence-corrected chi connectivity index (χ1v) is 7.56. The molecule has 0 bridgehead atoms. The molecule has 0 aromatic heterocycles. The molecular formula is C14H17BrClNO. The van der Waals surface area contributed by atoms with E-state index in [2.05, 4.69) is 22.9 Å². The number of hydrogen-bond acceptors (Lipinski definition) is 1. The van der Waals surface area contributed by atoms with Crippen molar-refractivity contribution in [1.82, 2.24) is 4.90 Å². The molecule has 1 aromatic carbocycles. The topological polar surface area (TPSA) is 20.3 Å². The van der Waals surface area contributed by atoms with Crippen molar-refractivity contribution < 1.29 is 4.79 Å². The monoisotopic (exact) mass is 329 g/mol. The van der Waals surface area contributed by atoms with Crippen LogP contribution in [0, 0.1) is 0 Å². The number of nitrogens with zero attached hydrogens (tertiary/aromatic N) is 1. The van der Waals surface area contributed by atoms with E-state index in [-0.39, 0.29) is 5.91 Å². The largest absolute Gasteiger partial charge is 0.336 e. The zero-order valence-electron chi connectivity index (χ0n) is 10.5. The third kappa shape index (κ3) is 3.27. The fourth-order valence-corrected chi connectivity index (χ4v) is 2.83. The number of carbonyl (C=O) groups excluding carboxylic acids is 1. The number of benzene rings is 1. The van der Waals surface area contributed by atoms with E-state index in [1.54, 1.807) is 18.2 Å². The fourth-order valence-electron chi connectivity index (χ4n) is 1.98. The van der Waals surface area contributed by atoms with E-state index in [0.29, 0.717) is 16.6 Å². The highest BCUT2D eigenvalue weighted by Gasteiger charge is 2.33. The molecule has 0 unspecified atom stereocenters. The van der Waals surface area contributed by atoms with E-state index >= 15 is 0 Å². The molecule has 98 valence electrons. The molecule has 18 heavy (non-hydrogen) atoms. The summed E-state index contributed by atoms with van der Waals surface area (Å²) in [5.41, 5.74) is 0.711. The second-order valence-electron chi connectivity index (χ2n) is 4.71. The number of halogens is 2. The van der Waals surface area contributed by atoms with Crippen LogP contribution in [0.25, 0.3) is 0 Å². The van der Waals surface area contributed by atoms with E-state index in [1.807, 2.05) is 4.90 Å². The lowest BCUT2D eigenvalue weighted by atomic mass is 10.2. The van der Waals surface area contributed by atoms with Crippen molar-refractivity contribution in [3.8, 4) is 0 Å². The molecule has 0 atom stereocenters. The summed E-state index contributed by atoms with van der Waals surface area (Å²) in [4.78, 5) is 14.5. The highest BCUT2D eigenvalue weighted by Crippen LogP contribution is 2.30. The lowest BCUT2D eigenvalue weighted by Gasteiger charge is -2.23. The van der Waals surface area contributed by atoms with Crippen LogP contribution in [-0.4, -0.2) is 23.4 Å². The van der Waals surface area contributed by atoms with Crippen LogP contribution in [0.3, 0.4) is 0 Å². The summed E-state index contributed by atoms with van der Waals surface area (Å²) < 4.78 is 0.780. The van der Waals surface area contributed by atoms with Gasteiger partial charge < -0.3 is 4.90 Å². The minimum atomic E-state index is 0.120. The first-order chi connectivity index (χ1) is 8.63. The number of unbranched alkanes of at least 4 members (excludes halogenated alkanes) is 1. The molecule has 0 saturated heterocycles. The number of rotatable bonds is 5. The van der Waals surface area contributed by atoms with Gasteiger partial charge in [0, 0.05) is 22.1 Å². The molecule has 1 fully saturated rings. The van der Waals surface area contributed by atoms with Crippen LogP contribution in [0.4, 0.5) is 0 Å². The maximum atomic E-state index is 12.5. The lowest BCUT2D eigenvalue weighted by Crippen LogP contribution is -2.34. The van der Waals surface area contributed by atoms with Crippen molar-refractivity contribution in [3.05, 3.63) is 33.3 Å². The Bertz CT molecular complexity index is 445. The second kappa shape index (κ2) is 6.07. The molecule has 1 aliphatic rings. The molecule has 1 aliphatic carbocycles. The average Bonchev–Trinajstić information content (AvgIpc) is 3.13. The SMILES string of the molecule is CCCCN(C(=O)c1ccc(Cl)cc1Br)C1CC1. The summed E-state index contributed by atoms with van der Waals surface area (Å²) in [5.74, 6) is 0.120. The first kappa shape index (κ1) is 13.9. The van der Waals surface area contributed by atoms with Crippen LogP contribution in [0.15, 0.2) is 22.7 Å². The minimum absolute atomic E-state index is 0.120. The van der Waals surface area contributed by atoms with Gasteiger partial charge in [-0.3, -0.25) is 4.79 Å². The van der Waals surface area contributed by atoms with Gasteiger partial charge in [0.2, 0.25) is 0 Å². The Balaban J connectivity index is 2.16. The van der Waals surface area contributed by atoms with Crippen molar-refractivity contribution in [2.45, 2.75) is 38.6 Å². The van der Waals surface area contributed by atoms with Gasteiger partial charge in [-0.25, -0.2) is 0 Å². The zero-order valence-corrected chi connectivity index (χ0v) is 12.8. The third-order valence-corrected chi connectivity index (χ3v) is 4.05. The summed E-state index contributed by atoms with van der Waals surface area (Å²) in [5, 5.41) is 0.643. The predicted molar refractivity (Wildman–Crippen MR) is 78.1 cm³/mol. The van der Waals surface area contributed by atoms with Gasteiger partial charge in [0.15, 0.2) is 0 Å². The van der Waals surface area contributed by atoms with Crippen molar-refractivity contribution in [2.75, 3.05) is 6.54 Å². The Morgan fingerprint density at radius 3 is 2.78 bits per heavy atom. The van der Waals surface area contributed by atoms with Gasteiger partial charge in [0.05, 0.1) is 5.56 Å². The van der Waals surface area contributed by atoms with E-state index in [9.17, 15) is 4.79 Å². The van der Waals surface area contributed by atoms with Gasteiger partial charge in [-0.15, -0.1) is 0 Å². The quantitative estimate of drug-likeness (QED) is 0.778. The Hall–Kier alpha value is -0.540. The van der Waals surface area contributed by atoms with E-state index in [4.69, 9.17) is 11.6 Å². The van der Waals surface area contributed by atoms with Gasteiger partial charge in [-0.05, 0) is 53.4 Å². The molecule has 0 radical (unpaired) electrons. The van der Waals surface area contributed by atoms with E-state index in [0.717, 1.165) is 36.7 Å². The van der Waals surface area contributed by atoms with Gasteiger partial charge in [-0.1, -0.05) is 24.9 Å². The maximum absolute atomic E-state index is 12.5. The number of amides is 1. The standard InChI is InChI=1S/C14H17BrClNO/c1-2-3-8-17(11-5-6-11)14(18)12-7-4-10(16)9-13(12)15/h4,7,9,11H,2-3,5-6,8H2,1H3. The summed E-state index contributed by atoms with van der Waals surface area (Å²) in [6.45, 7) is 3.00. The predicted octanol–water partition coefficient (Wildman–Crippen LogP) is 4.51. The Labute approximate surface area is 121 Å². The fraction of sp³-hybridized carbons (Fsp3) is 0.500. The Morgan fingerprint density at radius 2 is 2.22 bits per heavy atom. The highest BCUT2D eigenvalue weighted by atomic mass is 79.9. The van der Waals surface area contributed by atoms with Crippen LogP contribution in [-0.2, 0) is 0 Å². The van der Waals surface area contributed by atoms with Gasteiger partial charge in [0.25, 0.3) is 5.91 Å². The molecule has 0 spiro atoms. The third-order valence-electron chi connectivity index (χ3n) is 3.16. The molecule has 1 aromatic rings. The molecule has 2 nitrogen and oxygen atoms in total. The molecule has 0 N–H and O–H groups in total. The average molecular weight is 331 g/mol. The summed E-state index contributed by atoms with van der Waals surface area (Å²) in [6, 6.07) is 5.80. The van der Waals surface area contributed by atoms with Crippen LogP contribution in [0.5, 0.6) is 0 Å². The molecule has 0 aliphatic heterocycles. The molecule has 0 heterocycles. The Morgan fingerprint density at radius 1 is 1.50 bits per heavy atom. The second-order valence-corrected chi connectivity index (χ2v) is 6.00. The summed E-state index contributed by atoms with van der Waals surface area (Å²) >= 11 is 9.33. The highest BCUT2D eigenvalue weighted by molar-refractivity contribution is 9.10. The van der Waals surface area contributed by atoms with Gasteiger partial charge >= 0.3 is 0 Å². The molecule has 4 heteroatoms. The van der Waals surface area contributed by atoms with E-state index in [1.165, 1.54) is 0 Å². The first-order valence-electron chi connectivity index (χ1n) is 6.39.